The zero-order valence-corrected chi connectivity index (χ0v) is 14.8. The van der Waals surface area contributed by atoms with Gasteiger partial charge in [0.25, 0.3) is 0 Å². The van der Waals surface area contributed by atoms with E-state index in [1.54, 1.807) is 6.20 Å². The van der Waals surface area contributed by atoms with Gasteiger partial charge in [-0.2, -0.15) is 5.26 Å². The normalized spacial score (nSPS) is 25.3. The Kier molecular flexibility index (Phi) is 4.87. The summed E-state index contributed by atoms with van der Waals surface area (Å²) >= 11 is 0. The lowest BCUT2D eigenvalue weighted by Crippen LogP contribution is -2.48. The van der Waals surface area contributed by atoms with E-state index in [1.165, 1.54) is 0 Å². The van der Waals surface area contributed by atoms with Crippen molar-refractivity contribution >= 4 is 5.69 Å². The predicted octanol–water partition coefficient (Wildman–Crippen LogP) is 3.30. The maximum Gasteiger partial charge on any atom is 0.0991 e. The number of pyridine rings is 1. The summed E-state index contributed by atoms with van der Waals surface area (Å²) in [5.41, 5.74) is 2.83. The molecule has 1 aromatic heterocycles. The van der Waals surface area contributed by atoms with Crippen molar-refractivity contribution in [3.05, 3.63) is 59.9 Å². The first kappa shape index (κ1) is 17.0. The molecule has 3 heterocycles. The summed E-state index contributed by atoms with van der Waals surface area (Å²) in [6.07, 6.45) is 6.87. The third-order valence-electron chi connectivity index (χ3n) is 5.28. The van der Waals surface area contributed by atoms with Crippen LogP contribution >= 0.6 is 0 Å². The van der Waals surface area contributed by atoms with Crippen molar-refractivity contribution in [1.29, 1.82) is 5.26 Å². The first-order chi connectivity index (χ1) is 12.8. The van der Waals surface area contributed by atoms with Crippen LogP contribution in [0.4, 0.5) is 5.69 Å². The number of aromatic nitrogens is 1. The number of nitriles is 1. The molecule has 2 aliphatic rings. The van der Waals surface area contributed by atoms with Gasteiger partial charge in [-0.3, -0.25) is 4.98 Å². The van der Waals surface area contributed by atoms with E-state index in [2.05, 4.69) is 16.0 Å². The Balaban J connectivity index is 1.37. The van der Waals surface area contributed by atoms with E-state index in [0.717, 1.165) is 43.6 Å². The fraction of sp³-hybridized carbons (Fsp3) is 0.429. The molecule has 2 unspecified atom stereocenters. The van der Waals surface area contributed by atoms with Crippen molar-refractivity contribution in [2.24, 2.45) is 0 Å². The molecule has 2 aromatic rings. The van der Waals surface area contributed by atoms with Gasteiger partial charge in [-0.1, -0.05) is 6.07 Å². The van der Waals surface area contributed by atoms with Gasteiger partial charge in [0.2, 0.25) is 0 Å². The third kappa shape index (κ3) is 3.72. The van der Waals surface area contributed by atoms with Crippen LogP contribution in [-0.4, -0.2) is 36.4 Å². The van der Waals surface area contributed by atoms with Crippen LogP contribution in [0.15, 0.2) is 48.8 Å². The SMILES string of the molecule is N#Cc1ccc(N2CCCC3(CC(OCc4cccnc4)CO3)C2)cc1. The topological polar surface area (TPSA) is 58.4 Å². The van der Waals surface area contributed by atoms with Crippen molar-refractivity contribution < 1.29 is 9.47 Å². The number of hydrogen-bond acceptors (Lipinski definition) is 5. The minimum absolute atomic E-state index is 0.119. The molecule has 2 aliphatic heterocycles. The molecule has 0 saturated carbocycles. The second kappa shape index (κ2) is 7.45. The lowest BCUT2D eigenvalue weighted by atomic mass is 9.89. The van der Waals surface area contributed by atoms with Gasteiger partial charge in [0, 0.05) is 37.6 Å². The molecule has 5 nitrogen and oxygen atoms in total. The molecule has 0 bridgehead atoms. The molecule has 1 spiro atoms. The number of nitrogens with zero attached hydrogens (tertiary/aromatic N) is 3. The zero-order chi connectivity index (χ0) is 17.8. The molecule has 2 saturated heterocycles. The van der Waals surface area contributed by atoms with Crippen molar-refractivity contribution in [2.45, 2.75) is 37.6 Å². The van der Waals surface area contributed by atoms with Gasteiger partial charge in [0.05, 0.1) is 36.6 Å². The largest absolute Gasteiger partial charge is 0.371 e. The number of benzene rings is 1. The molecule has 0 radical (unpaired) electrons. The second-order valence-electron chi connectivity index (χ2n) is 7.18. The first-order valence-corrected chi connectivity index (χ1v) is 9.16. The van der Waals surface area contributed by atoms with Gasteiger partial charge < -0.3 is 14.4 Å². The van der Waals surface area contributed by atoms with Gasteiger partial charge in [-0.25, -0.2) is 0 Å². The van der Waals surface area contributed by atoms with Gasteiger partial charge in [0.1, 0.15) is 0 Å². The Morgan fingerprint density at radius 1 is 1.31 bits per heavy atom. The maximum atomic E-state index is 8.97. The minimum atomic E-state index is -0.119. The Bertz CT molecular complexity index is 772. The Morgan fingerprint density at radius 2 is 2.19 bits per heavy atom. The van der Waals surface area contributed by atoms with Crippen LogP contribution in [-0.2, 0) is 16.1 Å². The van der Waals surface area contributed by atoms with Crippen LogP contribution in [0.2, 0.25) is 0 Å². The van der Waals surface area contributed by atoms with Crippen LogP contribution in [0.5, 0.6) is 0 Å². The number of piperidine rings is 1. The summed E-state index contributed by atoms with van der Waals surface area (Å²) in [4.78, 5) is 6.50. The molecule has 0 amide bonds. The van der Waals surface area contributed by atoms with Crippen molar-refractivity contribution in [3.63, 3.8) is 0 Å². The summed E-state index contributed by atoms with van der Waals surface area (Å²) in [6.45, 7) is 3.14. The Labute approximate surface area is 154 Å². The number of hydrogen-bond donors (Lipinski definition) is 0. The fourth-order valence-electron chi connectivity index (χ4n) is 3.96. The predicted molar refractivity (Wildman–Crippen MR) is 98.7 cm³/mol. The molecular weight excluding hydrogens is 326 g/mol. The Hall–Kier alpha value is -2.42. The molecule has 2 atom stereocenters. The molecule has 134 valence electrons. The summed E-state index contributed by atoms with van der Waals surface area (Å²) in [7, 11) is 0. The highest BCUT2D eigenvalue weighted by molar-refractivity contribution is 5.50. The molecular formula is C21H23N3O2. The third-order valence-corrected chi connectivity index (χ3v) is 5.28. The summed E-state index contributed by atoms with van der Waals surface area (Å²) in [5, 5.41) is 8.97. The molecule has 2 fully saturated rings. The minimum Gasteiger partial charge on any atom is -0.371 e. The number of anilines is 1. The van der Waals surface area contributed by atoms with E-state index in [4.69, 9.17) is 14.7 Å². The van der Waals surface area contributed by atoms with E-state index >= 15 is 0 Å². The standard InChI is InChI=1S/C21H23N3O2/c22-12-17-4-6-19(7-5-17)24-10-2-8-21(16-24)11-20(15-26-21)25-14-18-3-1-9-23-13-18/h1,3-7,9,13,20H,2,8,10-11,14-16H2. The van der Waals surface area contributed by atoms with Gasteiger partial charge in [0.15, 0.2) is 0 Å². The van der Waals surface area contributed by atoms with Crippen LogP contribution in [0, 0.1) is 11.3 Å². The van der Waals surface area contributed by atoms with E-state index in [0.29, 0.717) is 18.8 Å². The van der Waals surface area contributed by atoms with Gasteiger partial charge in [-0.05, 0) is 48.7 Å². The maximum absolute atomic E-state index is 8.97. The molecule has 5 heteroatoms. The van der Waals surface area contributed by atoms with Crippen LogP contribution < -0.4 is 4.90 Å². The van der Waals surface area contributed by atoms with Crippen LogP contribution in [0.25, 0.3) is 0 Å². The lowest BCUT2D eigenvalue weighted by molar-refractivity contribution is -0.0136. The monoisotopic (exact) mass is 349 g/mol. The van der Waals surface area contributed by atoms with Crippen molar-refractivity contribution in [3.8, 4) is 6.07 Å². The van der Waals surface area contributed by atoms with Crippen molar-refractivity contribution in [2.75, 3.05) is 24.6 Å². The summed E-state index contributed by atoms with van der Waals surface area (Å²) in [6, 6.07) is 14.0. The van der Waals surface area contributed by atoms with E-state index in [-0.39, 0.29) is 11.7 Å². The second-order valence-corrected chi connectivity index (χ2v) is 7.18. The molecule has 0 N–H and O–H groups in total. The van der Waals surface area contributed by atoms with Crippen LogP contribution in [0.3, 0.4) is 0 Å². The zero-order valence-electron chi connectivity index (χ0n) is 14.8. The molecule has 4 rings (SSSR count). The first-order valence-electron chi connectivity index (χ1n) is 9.16. The molecule has 26 heavy (non-hydrogen) atoms. The number of rotatable bonds is 4. The van der Waals surface area contributed by atoms with E-state index < -0.39 is 0 Å². The van der Waals surface area contributed by atoms with Crippen molar-refractivity contribution in [1.82, 2.24) is 4.98 Å². The van der Waals surface area contributed by atoms with Gasteiger partial charge >= 0.3 is 0 Å². The lowest BCUT2D eigenvalue weighted by Gasteiger charge is -2.41. The summed E-state index contributed by atoms with van der Waals surface area (Å²) < 4.78 is 12.3. The fourth-order valence-corrected chi connectivity index (χ4v) is 3.96. The summed E-state index contributed by atoms with van der Waals surface area (Å²) in [5.74, 6) is 0. The van der Waals surface area contributed by atoms with E-state index in [1.807, 2.05) is 42.6 Å². The van der Waals surface area contributed by atoms with E-state index in [9.17, 15) is 0 Å². The average Bonchev–Trinajstić information content (AvgIpc) is 3.09. The Morgan fingerprint density at radius 3 is 2.96 bits per heavy atom. The van der Waals surface area contributed by atoms with Crippen LogP contribution in [0.1, 0.15) is 30.4 Å². The molecule has 1 aromatic carbocycles. The number of ether oxygens (including phenoxy) is 2. The van der Waals surface area contributed by atoms with Gasteiger partial charge in [-0.15, -0.1) is 0 Å². The quantitative estimate of drug-likeness (QED) is 0.848. The highest BCUT2D eigenvalue weighted by Crippen LogP contribution is 2.37. The average molecular weight is 349 g/mol. The highest BCUT2D eigenvalue weighted by atomic mass is 16.6. The highest BCUT2D eigenvalue weighted by Gasteiger charge is 2.44. The smallest absolute Gasteiger partial charge is 0.0991 e. The molecule has 0 aliphatic carbocycles.